The van der Waals surface area contributed by atoms with Gasteiger partial charge in [-0.25, -0.2) is 0 Å². The standard InChI is InChI=1S/C36H44N2O2/c1-37(2,3)25-27-39-33-21-17-31(18-22-33)35(29-13-9-7-10-14-29)36(30-15-11-8-12-16-30)32-19-23-34(24-20-32)40-28-26-38(4,5)6/h7-24H,25-28H2,1-6H3/q+2. The highest BCUT2D eigenvalue weighted by Gasteiger charge is 2.17. The Morgan fingerprint density at radius 1 is 0.425 bits per heavy atom. The number of ether oxygens (including phenoxy) is 2. The summed E-state index contributed by atoms with van der Waals surface area (Å²) in [6.07, 6.45) is 0. The summed E-state index contributed by atoms with van der Waals surface area (Å²) in [6.45, 7) is 3.26. The van der Waals surface area contributed by atoms with Crippen molar-refractivity contribution in [2.24, 2.45) is 0 Å². The summed E-state index contributed by atoms with van der Waals surface area (Å²) in [6, 6.07) is 38.3. The predicted molar refractivity (Wildman–Crippen MR) is 168 cm³/mol. The summed E-state index contributed by atoms with van der Waals surface area (Å²) in [5.74, 6) is 1.78. The largest absolute Gasteiger partial charge is 0.488 e. The van der Waals surface area contributed by atoms with Gasteiger partial charge < -0.3 is 18.4 Å². The lowest BCUT2D eigenvalue weighted by atomic mass is 9.86. The van der Waals surface area contributed by atoms with E-state index < -0.39 is 0 Å². The van der Waals surface area contributed by atoms with Gasteiger partial charge in [0, 0.05) is 0 Å². The zero-order valence-corrected chi connectivity index (χ0v) is 24.9. The third-order valence-corrected chi connectivity index (χ3v) is 6.72. The molecule has 4 aromatic rings. The molecule has 4 nitrogen and oxygen atoms in total. The van der Waals surface area contributed by atoms with Crippen LogP contribution in [0.5, 0.6) is 11.5 Å². The Hall–Kier alpha value is -3.86. The smallest absolute Gasteiger partial charge is 0.137 e. The summed E-state index contributed by atoms with van der Waals surface area (Å²) < 4.78 is 13.9. The predicted octanol–water partition coefficient (Wildman–Crippen LogP) is 6.86. The van der Waals surface area contributed by atoms with E-state index in [0.717, 1.165) is 44.7 Å². The molecule has 4 rings (SSSR count). The third kappa shape index (κ3) is 8.57. The van der Waals surface area contributed by atoms with Gasteiger partial charge in [-0.15, -0.1) is 0 Å². The van der Waals surface area contributed by atoms with E-state index in [-0.39, 0.29) is 0 Å². The minimum Gasteiger partial charge on any atom is -0.488 e. The molecular formula is C36H44N2O2+2. The lowest BCUT2D eigenvalue weighted by Gasteiger charge is -2.24. The molecule has 0 unspecified atom stereocenters. The average Bonchev–Trinajstić information content (AvgIpc) is 2.92. The fraction of sp³-hybridized carbons (Fsp3) is 0.278. The summed E-state index contributed by atoms with van der Waals surface area (Å²) >= 11 is 0. The highest BCUT2D eigenvalue weighted by Crippen LogP contribution is 2.37. The van der Waals surface area contributed by atoms with Gasteiger partial charge in [0.25, 0.3) is 0 Å². The second-order valence-electron chi connectivity index (χ2n) is 12.3. The number of likely N-dealkylation sites (N-methyl/N-ethyl adjacent to an activating group) is 2. The Morgan fingerprint density at radius 3 is 1.02 bits per heavy atom. The van der Waals surface area contributed by atoms with Gasteiger partial charge >= 0.3 is 0 Å². The van der Waals surface area contributed by atoms with E-state index >= 15 is 0 Å². The van der Waals surface area contributed by atoms with E-state index in [1.165, 1.54) is 22.3 Å². The molecule has 0 heterocycles. The van der Waals surface area contributed by atoms with E-state index in [0.29, 0.717) is 13.2 Å². The molecule has 0 fully saturated rings. The van der Waals surface area contributed by atoms with Crippen molar-refractivity contribution in [1.82, 2.24) is 0 Å². The van der Waals surface area contributed by atoms with E-state index in [9.17, 15) is 0 Å². The first-order valence-corrected chi connectivity index (χ1v) is 14.0. The van der Waals surface area contributed by atoms with Crippen LogP contribution >= 0.6 is 0 Å². The van der Waals surface area contributed by atoms with Gasteiger partial charge in [0.2, 0.25) is 0 Å². The Kier molecular flexibility index (Phi) is 9.46. The van der Waals surface area contributed by atoms with Crippen LogP contribution in [0.3, 0.4) is 0 Å². The van der Waals surface area contributed by atoms with Gasteiger partial charge in [0.05, 0.1) is 42.3 Å². The molecule has 4 heteroatoms. The Balaban J connectivity index is 1.75. The van der Waals surface area contributed by atoms with Crippen LogP contribution in [0.2, 0.25) is 0 Å². The van der Waals surface area contributed by atoms with Gasteiger partial charge in [-0.3, -0.25) is 0 Å². The molecule has 0 aromatic heterocycles. The van der Waals surface area contributed by atoms with Crippen LogP contribution in [0.4, 0.5) is 0 Å². The molecule has 0 aliphatic carbocycles. The second-order valence-corrected chi connectivity index (χ2v) is 12.3. The maximum Gasteiger partial charge on any atom is 0.137 e. The first-order valence-electron chi connectivity index (χ1n) is 14.0. The molecule has 0 aliphatic heterocycles. The number of hydrogen-bond acceptors (Lipinski definition) is 2. The van der Waals surface area contributed by atoms with Crippen molar-refractivity contribution in [3.63, 3.8) is 0 Å². The van der Waals surface area contributed by atoms with Gasteiger partial charge in [-0.1, -0.05) is 84.9 Å². The second kappa shape index (κ2) is 13.0. The number of benzene rings is 4. The van der Waals surface area contributed by atoms with Crippen molar-refractivity contribution in [1.29, 1.82) is 0 Å². The van der Waals surface area contributed by atoms with Crippen molar-refractivity contribution in [3.8, 4) is 11.5 Å². The molecular weight excluding hydrogens is 492 g/mol. The number of quaternary nitrogens is 2. The van der Waals surface area contributed by atoms with E-state index in [2.05, 4.69) is 151 Å². The lowest BCUT2D eigenvalue weighted by molar-refractivity contribution is -0.870. The van der Waals surface area contributed by atoms with Crippen molar-refractivity contribution in [2.75, 3.05) is 68.6 Å². The molecule has 40 heavy (non-hydrogen) atoms. The monoisotopic (exact) mass is 536 g/mol. The number of rotatable bonds is 12. The molecule has 0 bridgehead atoms. The van der Waals surface area contributed by atoms with Crippen molar-refractivity contribution in [3.05, 3.63) is 131 Å². The van der Waals surface area contributed by atoms with Gasteiger partial charge in [-0.05, 0) is 57.7 Å². The highest BCUT2D eigenvalue weighted by molar-refractivity contribution is 6.04. The van der Waals surface area contributed by atoms with Crippen LogP contribution in [-0.4, -0.2) is 77.6 Å². The van der Waals surface area contributed by atoms with Gasteiger partial charge in [0.15, 0.2) is 0 Å². The lowest BCUT2D eigenvalue weighted by Crippen LogP contribution is -2.38. The Bertz CT molecular complexity index is 1250. The third-order valence-electron chi connectivity index (χ3n) is 6.72. The van der Waals surface area contributed by atoms with Gasteiger partial charge in [-0.2, -0.15) is 0 Å². The molecule has 0 spiro atoms. The van der Waals surface area contributed by atoms with Crippen LogP contribution in [-0.2, 0) is 0 Å². The van der Waals surface area contributed by atoms with Crippen molar-refractivity contribution in [2.45, 2.75) is 0 Å². The molecule has 4 aromatic carbocycles. The maximum absolute atomic E-state index is 6.07. The van der Waals surface area contributed by atoms with Crippen LogP contribution in [0.15, 0.2) is 109 Å². The minimum atomic E-state index is 0.683. The molecule has 0 saturated heterocycles. The molecule has 0 saturated carbocycles. The van der Waals surface area contributed by atoms with Crippen LogP contribution in [0, 0.1) is 0 Å². The van der Waals surface area contributed by atoms with Crippen molar-refractivity contribution < 1.29 is 18.4 Å². The first kappa shape index (κ1) is 29.1. The molecule has 0 aliphatic rings. The molecule has 0 amide bonds. The number of nitrogens with zero attached hydrogens (tertiary/aromatic N) is 2. The highest BCUT2D eigenvalue weighted by atomic mass is 16.5. The van der Waals surface area contributed by atoms with E-state index in [1.54, 1.807) is 0 Å². The summed E-state index contributed by atoms with van der Waals surface area (Å²) in [5, 5.41) is 0. The Labute approximate surface area is 240 Å². The summed E-state index contributed by atoms with van der Waals surface area (Å²) in [5.41, 5.74) is 7.00. The molecule has 208 valence electrons. The topological polar surface area (TPSA) is 18.5 Å². The SMILES string of the molecule is C[N+](C)(C)CCOc1ccc(C(=C(c2ccccc2)c2ccc(OCC[N+](C)(C)C)cc2)c2ccccc2)cc1. The number of hydrogen-bond donors (Lipinski definition) is 0. The van der Waals surface area contributed by atoms with Crippen LogP contribution < -0.4 is 9.47 Å². The average molecular weight is 537 g/mol. The summed E-state index contributed by atoms with van der Waals surface area (Å²) in [7, 11) is 13.1. The molecule has 0 N–H and O–H groups in total. The van der Waals surface area contributed by atoms with E-state index in [4.69, 9.17) is 9.47 Å². The van der Waals surface area contributed by atoms with Crippen LogP contribution in [0.25, 0.3) is 11.1 Å². The fourth-order valence-corrected chi connectivity index (χ4v) is 4.43. The summed E-state index contributed by atoms with van der Waals surface area (Å²) in [4.78, 5) is 0. The normalized spacial score (nSPS) is 12.6. The van der Waals surface area contributed by atoms with E-state index in [1.807, 2.05) is 0 Å². The minimum absolute atomic E-state index is 0.683. The quantitative estimate of drug-likeness (QED) is 0.145. The fourth-order valence-electron chi connectivity index (χ4n) is 4.43. The van der Waals surface area contributed by atoms with Crippen LogP contribution in [0.1, 0.15) is 22.3 Å². The Morgan fingerprint density at radius 2 is 0.725 bits per heavy atom. The van der Waals surface area contributed by atoms with Gasteiger partial charge in [0.1, 0.15) is 37.8 Å². The first-order chi connectivity index (χ1) is 19.1. The zero-order valence-electron chi connectivity index (χ0n) is 24.9. The zero-order chi connectivity index (χ0) is 28.6. The van der Waals surface area contributed by atoms with Crippen molar-refractivity contribution >= 4 is 11.1 Å². The maximum atomic E-state index is 6.07. The molecule has 0 atom stereocenters. The molecule has 0 radical (unpaired) electrons.